The van der Waals surface area contributed by atoms with Crippen LogP contribution < -0.4 is 0 Å². The van der Waals surface area contributed by atoms with Gasteiger partial charge in [-0.3, -0.25) is 8.98 Å². The van der Waals surface area contributed by atoms with Gasteiger partial charge >= 0.3 is 0 Å². The van der Waals surface area contributed by atoms with Crippen molar-refractivity contribution in [3.8, 4) is 0 Å². The third-order valence-corrected chi connectivity index (χ3v) is 11.3. The van der Waals surface area contributed by atoms with Gasteiger partial charge in [0.25, 0.3) is 10.1 Å². The van der Waals surface area contributed by atoms with E-state index in [4.69, 9.17) is 4.18 Å². The molecule has 31 heavy (non-hydrogen) atoms. The van der Waals surface area contributed by atoms with E-state index in [9.17, 15) is 13.2 Å². The molecule has 1 aromatic carbocycles. The molecule has 5 heteroatoms. The molecule has 5 rings (SSSR count). The van der Waals surface area contributed by atoms with Gasteiger partial charge in [-0.1, -0.05) is 31.5 Å². The van der Waals surface area contributed by atoms with E-state index in [1.807, 2.05) is 19.1 Å². The van der Waals surface area contributed by atoms with E-state index < -0.39 is 10.1 Å². The Balaban J connectivity index is 1.30. The summed E-state index contributed by atoms with van der Waals surface area (Å²) < 4.78 is 31.4. The molecule has 0 bridgehead atoms. The van der Waals surface area contributed by atoms with Crippen LogP contribution in [0.3, 0.4) is 0 Å². The second-order valence-corrected chi connectivity index (χ2v) is 12.9. The zero-order valence-electron chi connectivity index (χ0n) is 19.1. The van der Waals surface area contributed by atoms with Gasteiger partial charge in [-0.15, -0.1) is 0 Å². The fourth-order valence-electron chi connectivity index (χ4n) is 8.02. The Kier molecular flexibility index (Phi) is 5.17. The van der Waals surface area contributed by atoms with Crippen LogP contribution in [-0.2, 0) is 19.1 Å². The number of ketones is 1. The number of hydrogen-bond acceptors (Lipinski definition) is 4. The number of carbonyl (C=O) groups is 1. The normalized spacial score (nSPS) is 42.5. The Morgan fingerprint density at radius 2 is 1.68 bits per heavy atom. The van der Waals surface area contributed by atoms with Crippen LogP contribution in [0.15, 0.2) is 29.2 Å². The Morgan fingerprint density at radius 1 is 0.935 bits per heavy atom. The van der Waals surface area contributed by atoms with Crippen molar-refractivity contribution < 1.29 is 17.4 Å². The summed E-state index contributed by atoms with van der Waals surface area (Å²) in [6.07, 6.45) is 8.85. The molecule has 4 aliphatic rings. The predicted octanol–water partition coefficient (Wildman–Crippen LogP) is 5.68. The SMILES string of the molecule is Cc1ccc(S(=O)(=O)O[C@@H]2CC[C@@]3(C)[C@@H](CC[C@@H]4[C@H]3CC[C@]3(C)C(=O)CC[C@@H]43)C2)cc1. The van der Waals surface area contributed by atoms with Crippen LogP contribution in [0.2, 0.25) is 0 Å². The van der Waals surface area contributed by atoms with Crippen LogP contribution in [0.4, 0.5) is 0 Å². The molecule has 0 amide bonds. The fourth-order valence-corrected chi connectivity index (χ4v) is 9.13. The second kappa shape index (κ2) is 7.41. The van der Waals surface area contributed by atoms with Crippen LogP contribution in [0.1, 0.15) is 77.2 Å². The molecule has 4 nitrogen and oxygen atoms in total. The molecule has 0 N–H and O–H groups in total. The van der Waals surface area contributed by atoms with Crippen molar-refractivity contribution in [2.75, 3.05) is 0 Å². The number of aryl methyl sites for hydroxylation is 1. The lowest BCUT2D eigenvalue weighted by molar-refractivity contribution is -0.141. The number of fused-ring (bicyclic) bond motifs is 5. The highest BCUT2D eigenvalue weighted by Gasteiger charge is 2.60. The molecule has 170 valence electrons. The molecule has 0 radical (unpaired) electrons. The van der Waals surface area contributed by atoms with E-state index in [0.717, 1.165) is 56.9 Å². The van der Waals surface area contributed by atoms with Gasteiger partial charge in [0.05, 0.1) is 11.0 Å². The van der Waals surface area contributed by atoms with Crippen LogP contribution in [0.5, 0.6) is 0 Å². The standard InChI is InChI=1S/C26H36O4S/c1-17-4-7-20(8-5-17)31(28,29)30-19-12-14-25(2)18(16-19)6-9-21-22-10-11-24(27)26(22,3)15-13-23(21)25/h4-5,7-8,18-19,21-23H,6,9-16H2,1-3H3/t18-,19+,21-,22-,23+,25-,26-/m0/s1. The number of carbonyl (C=O) groups excluding carboxylic acids is 1. The van der Waals surface area contributed by atoms with Crippen molar-refractivity contribution in [3.63, 3.8) is 0 Å². The Labute approximate surface area is 187 Å². The van der Waals surface area contributed by atoms with Crippen molar-refractivity contribution in [2.45, 2.75) is 89.6 Å². The second-order valence-electron chi connectivity index (χ2n) is 11.3. The minimum atomic E-state index is -3.72. The Hall–Kier alpha value is -1.20. The number of rotatable bonds is 3. The summed E-state index contributed by atoms with van der Waals surface area (Å²) in [7, 11) is -3.72. The summed E-state index contributed by atoms with van der Waals surface area (Å²) in [4.78, 5) is 12.9. The van der Waals surface area contributed by atoms with Gasteiger partial charge in [0.2, 0.25) is 0 Å². The summed E-state index contributed by atoms with van der Waals surface area (Å²) in [6.45, 7) is 6.64. The highest BCUT2D eigenvalue weighted by atomic mass is 32.2. The van der Waals surface area contributed by atoms with Crippen LogP contribution in [-0.4, -0.2) is 20.3 Å². The molecule has 0 unspecified atom stereocenters. The Morgan fingerprint density at radius 3 is 2.42 bits per heavy atom. The van der Waals surface area contributed by atoms with E-state index in [1.165, 1.54) is 6.42 Å². The number of hydrogen-bond donors (Lipinski definition) is 0. The minimum Gasteiger partial charge on any atom is -0.299 e. The molecular formula is C26H36O4S. The van der Waals surface area contributed by atoms with E-state index in [-0.39, 0.29) is 21.8 Å². The van der Waals surface area contributed by atoms with E-state index in [0.29, 0.717) is 29.5 Å². The first-order valence-corrected chi connectivity index (χ1v) is 13.6. The quantitative estimate of drug-likeness (QED) is 0.563. The van der Waals surface area contributed by atoms with Gasteiger partial charge in [-0.2, -0.15) is 8.42 Å². The van der Waals surface area contributed by atoms with E-state index in [1.54, 1.807) is 12.1 Å². The summed E-state index contributed by atoms with van der Waals surface area (Å²) in [5.74, 6) is 2.92. The zero-order valence-corrected chi connectivity index (χ0v) is 19.9. The summed E-state index contributed by atoms with van der Waals surface area (Å²) in [6, 6.07) is 6.93. The highest BCUT2D eigenvalue weighted by molar-refractivity contribution is 7.86. The van der Waals surface area contributed by atoms with Crippen LogP contribution >= 0.6 is 0 Å². The molecular weight excluding hydrogens is 408 g/mol. The minimum absolute atomic E-state index is 0.0766. The van der Waals surface area contributed by atoms with Crippen molar-refractivity contribution in [1.82, 2.24) is 0 Å². The van der Waals surface area contributed by atoms with Gasteiger partial charge in [-0.05, 0) is 99.5 Å². The molecule has 4 aliphatic carbocycles. The summed E-state index contributed by atoms with van der Waals surface area (Å²) >= 11 is 0. The van der Waals surface area contributed by atoms with Crippen molar-refractivity contribution >= 4 is 15.9 Å². The van der Waals surface area contributed by atoms with Gasteiger partial charge < -0.3 is 0 Å². The molecule has 7 atom stereocenters. The van der Waals surface area contributed by atoms with Gasteiger partial charge in [0.15, 0.2) is 0 Å². The maximum Gasteiger partial charge on any atom is 0.297 e. The number of Topliss-reactive ketones (excluding diaryl/α,β-unsaturated/α-hetero) is 1. The van der Waals surface area contributed by atoms with E-state index >= 15 is 0 Å². The fraction of sp³-hybridized carbons (Fsp3) is 0.731. The highest BCUT2D eigenvalue weighted by Crippen LogP contribution is 2.65. The summed E-state index contributed by atoms with van der Waals surface area (Å²) in [5.41, 5.74) is 1.22. The van der Waals surface area contributed by atoms with Gasteiger partial charge in [0.1, 0.15) is 5.78 Å². The topological polar surface area (TPSA) is 60.4 Å². The predicted molar refractivity (Wildman–Crippen MR) is 120 cm³/mol. The Bertz CT molecular complexity index is 968. The van der Waals surface area contributed by atoms with Crippen molar-refractivity contribution in [3.05, 3.63) is 29.8 Å². The third-order valence-electron chi connectivity index (χ3n) is 9.90. The number of benzene rings is 1. The first kappa shape index (κ1) is 21.6. The zero-order chi connectivity index (χ0) is 22.0. The van der Waals surface area contributed by atoms with Crippen molar-refractivity contribution in [2.24, 2.45) is 34.5 Å². The molecule has 0 spiro atoms. The van der Waals surface area contributed by atoms with Crippen LogP contribution in [0.25, 0.3) is 0 Å². The average Bonchev–Trinajstić information content (AvgIpc) is 3.03. The lowest BCUT2D eigenvalue weighted by Crippen LogP contribution is -2.54. The first-order valence-electron chi connectivity index (χ1n) is 12.2. The first-order chi connectivity index (χ1) is 14.6. The van der Waals surface area contributed by atoms with Crippen molar-refractivity contribution in [1.29, 1.82) is 0 Å². The smallest absolute Gasteiger partial charge is 0.297 e. The molecule has 1 aromatic rings. The van der Waals surface area contributed by atoms with Crippen LogP contribution in [0, 0.1) is 41.4 Å². The molecule has 0 heterocycles. The van der Waals surface area contributed by atoms with Gasteiger partial charge in [-0.25, -0.2) is 0 Å². The average molecular weight is 445 g/mol. The lowest BCUT2D eigenvalue weighted by Gasteiger charge is -2.60. The maximum absolute atomic E-state index is 12.8. The largest absolute Gasteiger partial charge is 0.299 e. The molecule has 4 saturated carbocycles. The molecule has 0 aliphatic heterocycles. The monoisotopic (exact) mass is 444 g/mol. The van der Waals surface area contributed by atoms with E-state index in [2.05, 4.69) is 13.8 Å². The van der Waals surface area contributed by atoms with Gasteiger partial charge in [0, 0.05) is 11.8 Å². The third kappa shape index (κ3) is 3.42. The maximum atomic E-state index is 12.8. The molecule has 0 saturated heterocycles. The lowest BCUT2D eigenvalue weighted by atomic mass is 9.45. The molecule has 4 fully saturated rings. The summed E-state index contributed by atoms with van der Waals surface area (Å²) in [5, 5.41) is 0. The molecule has 0 aromatic heterocycles.